The van der Waals surface area contributed by atoms with Crippen LogP contribution in [0.4, 0.5) is 5.13 Å². The van der Waals surface area contributed by atoms with Gasteiger partial charge in [0.15, 0.2) is 10.8 Å². The highest BCUT2D eigenvalue weighted by Gasteiger charge is 2.57. The summed E-state index contributed by atoms with van der Waals surface area (Å²) < 4.78 is 5.59. The van der Waals surface area contributed by atoms with Gasteiger partial charge >= 0.3 is 11.9 Å². The Morgan fingerprint density at radius 1 is 0.964 bits per heavy atom. The minimum absolute atomic E-state index is 0.0456. The van der Waals surface area contributed by atoms with Crippen LogP contribution in [0.3, 0.4) is 0 Å². The zero-order valence-corrected chi connectivity index (χ0v) is 32.5. The van der Waals surface area contributed by atoms with Gasteiger partial charge in [0.05, 0.1) is 0 Å². The second-order valence-electron chi connectivity index (χ2n) is 14.3. The van der Waals surface area contributed by atoms with Gasteiger partial charge in [-0.1, -0.05) is 96.2 Å². The third-order valence-corrected chi connectivity index (χ3v) is 11.8. The molecule has 3 aromatic carbocycles. The first-order valence-corrected chi connectivity index (χ1v) is 20.0. The number of carboxylic acids is 1. The van der Waals surface area contributed by atoms with E-state index in [1.54, 1.807) is 26.2 Å². The quantitative estimate of drug-likeness (QED) is 0.0359. The number of rotatable bonds is 13. The molecule has 12 nitrogen and oxygen atoms in total. The predicted octanol–water partition coefficient (Wildman–Crippen LogP) is 6.12. The first kappa shape index (κ1) is 38.1. The summed E-state index contributed by atoms with van der Waals surface area (Å²) in [7, 11) is 0. The molecular weight excluding hydrogens is 762 g/mol. The summed E-state index contributed by atoms with van der Waals surface area (Å²) in [6, 6.07) is 28.8. The lowest BCUT2D eigenvalue weighted by atomic mass is 9.77. The van der Waals surface area contributed by atoms with E-state index in [-0.39, 0.29) is 28.7 Å². The first-order chi connectivity index (χ1) is 26.4. The Hall–Kier alpha value is -5.18. The molecule has 2 fully saturated rings. The van der Waals surface area contributed by atoms with E-state index in [2.05, 4.69) is 15.8 Å². The highest BCUT2D eigenvalue weighted by Crippen LogP contribution is 2.44. The van der Waals surface area contributed by atoms with Crippen molar-refractivity contribution in [3.8, 4) is 0 Å². The molecule has 55 heavy (non-hydrogen) atoms. The van der Waals surface area contributed by atoms with Gasteiger partial charge < -0.3 is 25.3 Å². The van der Waals surface area contributed by atoms with Crippen molar-refractivity contribution in [2.75, 3.05) is 16.9 Å². The van der Waals surface area contributed by atoms with Crippen LogP contribution in [-0.4, -0.2) is 78.7 Å². The molecule has 7 rings (SSSR count). The van der Waals surface area contributed by atoms with E-state index in [9.17, 15) is 24.3 Å². The summed E-state index contributed by atoms with van der Waals surface area (Å²) in [5.41, 5.74) is -0.142. The van der Waals surface area contributed by atoms with Crippen molar-refractivity contribution >= 4 is 69.3 Å². The van der Waals surface area contributed by atoms with Crippen molar-refractivity contribution in [3.63, 3.8) is 0 Å². The number of nitrogens with one attached hydrogen (secondary N) is 2. The fourth-order valence-corrected chi connectivity index (χ4v) is 8.96. The number of hydrogen-bond acceptors (Lipinski definition) is 11. The molecule has 0 unspecified atom stereocenters. The normalized spacial score (nSPS) is 19.2. The Kier molecular flexibility index (Phi) is 10.5. The zero-order chi connectivity index (χ0) is 39.0. The molecule has 4 aromatic rings. The summed E-state index contributed by atoms with van der Waals surface area (Å²) in [6.45, 7) is 5.24. The zero-order valence-electron chi connectivity index (χ0n) is 30.2. The summed E-state index contributed by atoms with van der Waals surface area (Å²) in [5.74, 6) is -3.03. The Morgan fingerprint density at radius 2 is 1.53 bits per heavy atom. The Morgan fingerprint density at radius 3 is 2.02 bits per heavy atom. The van der Waals surface area contributed by atoms with Crippen molar-refractivity contribution in [2.24, 2.45) is 5.16 Å². The molecule has 3 aliphatic rings. The Labute approximate surface area is 330 Å². The number of alkyl halides is 1. The number of carbonyl (C=O) groups is 4. The molecule has 15 heteroatoms. The van der Waals surface area contributed by atoms with Crippen molar-refractivity contribution in [3.05, 3.63) is 130 Å². The van der Waals surface area contributed by atoms with E-state index < -0.39 is 51.9 Å². The van der Waals surface area contributed by atoms with Gasteiger partial charge in [0, 0.05) is 29.9 Å². The van der Waals surface area contributed by atoms with Crippen molar-refractivity contribution in [2.45, 2.75) is 61.8 Å². The number of aromatic nitrogens is 1. The van der Waals surface area contributed by atoms with Gasteiger partial charge in [-0.3, -0.25) is 14.5 Å². The third-order valence-electron chi connectivity index (χ3n) is 9.36. The summed E-state index contributed by atoms with van der Waals surface area (Å²) in [5, 5.41) is 21.9. The van der Waals surface area contributed by atoms with Gasteiger partial charge in [0.1, 0.15) is 33.9 Å². The van der Waals surface area contributed by atoms with Crippen LogP contribution in [-0.2, 0) is 34.3 Å². The number of oxime groups is 1. The van der Waals surface area contributed by atoms with Crippen LogP contribution in [0.15, 0.2) is 113 Å². The molecule has 0 radical (unpaired) electrons. The molecule has 0 bridgehead atoms. The molecule has 1 saturated carbocycles. The second kappa shape index (κ2) is 15.2. The summed E-state index contributed by atoms with van der Waals surface area (Å²) in [6.07, 6.45) is 0.667. The molecule has 1 saturated heterocycles. The van der Waals surface area contributed by atoms with Crippen LogP contribution in [0.25, 0.3) is 0 Å². The van der Waals surface area contributed by atoms with Crippen LogP contribution in [0, 0.1) is 0 Å². The monoisotopic (exact) mass is 799 g/mol. The number of amides is 2. The van der Waals surface area contributed by atoms with Crippen LogP contribution in [0.5, 0.6) is 0 Å². The number of β-lactam (4-membered cyclic amide) rings is 1. The largest absolute Gasteiger partial charge is 0.477 e. The number of hydrogen-bond donors (Lipinski definition) is 3. The summed E-state index contributed by atoms with van der Waals surface area (Å²) >= 11 is 8.54. The van der Waals surface area contributed by atoms with Crippen LogP contribution in [0.1, 0.15) is 56.0 Å². The highest BCUT2D eigenvalue weighted by atomic mass is 35.5. The number of esters is 1. The fourth-order valence-electron chi connectivity index (χ4n) is 6.53. The smallest absolute Gasteiger partial charge is 0.353 e. The van der Waals surface area contributed by atoms with Gasteiger partial charge in [-0.25, -0.2) is 14.6 Å². The minimum Gasteiger partial charge on any atom is -0.477 e. The predicted molar refractivity (Wildman–Crippen MR) is 211 cm³/mol. The lowest BCUT2D eigenvalue weighted by molar-refractivity contribution is -0.172. The van der Waals surface area contributed by atoms with Gasteiger partial charge in [-0.05, 0) is 43.0 Å². The van der Waals surface area contributed by atoms with Crippen LogP contribution in [0.2, 0.25) is 0 Å². The third kappa shape index (κ3) is 7.45. The number of aliphatic carboxylic acids is 1. The summed E-state index contributed by atoms with van der Waals surface area (Å²) in [4.78, 5) is 64.6. The maximum atomic E-state index is 14.2. The fraction of sp³-hybridized carbons (Fsp3) is 0.300. The average molecular weight is 800 g/mol. The van der Waals surface area contributed by atoms with Crippen LogP contribution >= 0.6 is 34.7 Å². The van der Waals surface area contributed by atoms with Gasteiger partial charge in [0.2, 0.25) is 5.60 Å². The molecule has 2 amide bonds. The number of carbonyl (C=O) groups excluding carboxylic acids is 3. The maximum absolute atomic E-state index is 14.2. The van der Waals surface area contributed by atoms with E-state index in [0.717, 1.165) is 21.6 Å². The van der Waals surface area contributed by atoms with E-state index >= 15 is 0 Å². The molecule has 0 spiro atoms. The average Bonchev–Trinajstić information content (AvgIpc) is 3.85. The number of nitrogens with zero attached hydrogens (tertiary/aromatic N) is 3. The van der Waals surface area contributed by atoms with Crippen LogP contribution < -0.4 is 10.6 Å². The number of ether oxygens (including phenoxy) is 1. The lowest BCUT2D eigenvalue weighted by Gasteiger charge is -2.49. The Bertz CT molecular complexity index is 2070. The number of halogens is 1. The van der Waals surface area contributed by atoms with E-state index in [1.165, 1.54) is 23.1 Å². The SMILES string of the molecule is CC(C)(C)OC(=O)C1(ON=C(C(=O)N[C@@H]2C(=O)N3C(C(=O)O)=C(CCl)CS[C@@H]23)c2csc(NC(c3ccccc3)(c3ccccc3)c3ccccc3)n2)CC1. The highest BCUT2D eigenvalue weighted by molar-refractivity contribution is 8.00. The number of anilines is 1. The van der Waals surface area contributed by atoms with Gasteiger partial charge in [0.25, 0.3) is 11.8 Å². The van der Waals surface area contributed by atoms with E-state index in [1.807, 2.05) is 91.0 Å². The first-order valence-electron chi connectivity index (χ1n) is 17.5. The maximum Gasteiger partial charge on any atom is 0.353 e. The Balaban J connectivity index is 1.24. The van der Waals surface area contributed by atoms with Crippen molar-refractivity contribution in [1.82, 2.24) is 15.2 Å². The number of fused-ring (bicyclic) bond motifs is 1. The molecule has 1 aromatic heterocycles. The number of carboxylic acid groups (broad SMARTS) is 1. The molecular formula is C40H38ClN5O7S2. The molecule has 2 atom stereocenters. The topological polar surface area (TPSA) is 160 Å². The minimum atomic E-state index is -1.37. The van der Waals surface area contributed by atoms with Gasteiger partial charge in [-0.2, -0.15) is 0 Å². The molecule has 2 aliphatic heterocycles. The lowest BCUT2D eigenvalue weighted by Crippen LogP contribution is -2.71. The number of thioether (sulfide) groups is 1. The molecule has 3 N–H and O–H groups in total. The van der Waals surface area contributed by atoms with Crippen molar-refractivity contribution < 1.29 is 33.9 Å². The molecule has 1 aliphatic carbocycles. The van der Waals surface area contributed by atoms with Crippen molar-refractivity contribution in [1.29, 1.82) is 0 Å². The van der Waals surface area contributed by atoms with E-state index in [0.29, 0.717) is 23.5 Å². The standard InChI is InChI=1S/C40H38ClN5O7S2/c1-38(2,3)52-36(51)39(19-20-39)53-45-29(32(47)43-30-33(48)46-31(35(49)50)24(21-41)22-54-34(30)46)28-23-55-37(42-28)44-40(25-13-7-4-8-14-25,26-15-9-5-10-16-26)27-17-11-6-12-18-27/h4-18,23,30,34H,19-22H2,1-3H3,(H,42,44)(H,43,47)(H,49,50)/t30-,34+/m1/s1. The number of thiazole rings is 1. The van der Waals surface area contributed by atoms with Gasteiger partial charge in [-0.15, -0.1) is 34.7 Å². The molecule has 3 heterocycles. The number of benzene rings is 3. The second-order valence-corrected chi connectivity index (χ2v) is 16.5. The molecule has 284 valence electrons. The van der Waals surface area contributed by atoms with E-state index in [4.69, 9.17) is 26.2 Å².